The number of anilines is 1. The number of piperazine rings is 1. The van der Waals surface area contributed by atoms with Crippen LogP contribution in [0.25, 0.3) is 0 Å². The highest BCUT2D eigenvalue weighted by molar-refractivity contribution is 7.98. The van der Waals surface area contributed by atoms with Crippen LogP contribution < -0.4 is 10.2 Å². The van der Waals surface area contributed by atoms with E-state index in [2.05, 4.69) is 61.5 Å². The van der Waals surface area contributed by atoms with Crippen molar-refractivity contribution < 1.29 is 0 Å². The van der Waals surface area contributed by atoms with Gasteiger partial charge < -0.3 is 10.2 Å². The Morgan fingerprint density at radius 1 is 1.32 bits per heavy atom. The van der Waals surface area contributed by atoms with E-state index in [0.29, 0.717) is 18.0 Å². The van der Waals surface area contributed by atoms with Gasteiger partial charge in [-0.3, -0.25) is 0 Å². The molecule has 1 aromatic rings. The van der Waals surface area contributed by atoms with E-state index >= 15 is 0 Å². The molecule has 0 amide bonds. The predicted octanol–water partition coefficient (Wildman–Crippen LogP) is 3.62. The SMILES string of the molecule is CCC1CNC(C(C)C)CN1c1ccc(SC)cc1. The molecule has 2 unspecified atom stereocenters. The normalized spacial score (nSPS) is 23.9. The summed E-state index contributed by atoms with van der Waals surface area (Å²) in [5.41, 5.74) is 1.37. The van der Waals surface area contributed by atoms with E-state index in [4.69, 9.17) is 0 Å². The molecule has 0 spiro atoms. The number of hydrogen-bond donors (Lipinski definition) is 1. The van der Waals surface area contributed by atoms with Crippen molar-refractivity contribution in [2.45, 2.75) is 44.2 Å². The Hall–Kier alpha value is -0.670. The van der Waals surface area contributed by atoms with Gasteiger partial charge >= 0.3 is 0 Å². The fourth-order valence-corrected chi connectivity index (χ4v) is 3.13. The van der Waals surface area contributed by atoms with Gasteiger partial charge in [0.1, 0.15) is 0 Å². The molecule has 0 bridgehead atoms. The van der Waals surface area contributed by atoms with Gasteiger partial charge in [-0.2, -0.15) is 0 Å². The van der Waals surface area contributed by atoms with E-state index in [1.165, 1.54) is 17.0 Å². The molecular weight excluding hydrogens is 252 g/mol. The van der Waals surface area contributed by atoms with Crippen LogP contribution in [-0.4, -0.2) is 31.4 Å². The topological polar surface area (TPSA) is 15.3 Å². The van der Waals surface area contributed by atoms with Crippen LogP contribution in [-0.2, 0) is 0 Å². The Bertz CT molecular complexity index is 388. The molecule has 0 radical (unpaired) electrons. The fourth-order valence-electron chi connectivity index (χ4n) is 2.72. The van der Waals surface area contributed by atoms with Crippen molar-refractivity contribution in [2.75, 3.05) is 24.2 Å². The van der Waals surface area contributed by atoms with Crippen molar-refractivity contribution in [3.8, 4) is 0 Å². The first kappa shape index (κ1) is 14.7. The number of benzene rings is 1. The van der Waals surface area contributed by atoms with Crippen LogP contribution >= 0.6 is 11.8 Å². The zero-order valence-electron chi connectivity index (χ0n) is 12.5. The number of rotatable bonds is 4. The van der Waals surface area contributed by atoms with Gasteiger partial charge in [-0.1, -0.05) is 20.8 Å². The molecule has 106 valence electrons. The number of nitrogens with one attached hydrogen (secondary N) is 1. The monoisotopic (exact) mass is 278 g/mol. The first-order chi connectivity index (χ1) is 9.15. The Kier molecular flexibility index (Phi) is 5.17. The summed E-state index contributed by atoms with van der Waals surface area (Å²) < 4.78 is 0. The van der Waals surface area contributed by atoms with Gasteiger partial charge in [-0.25, -0.2) is 0 Å². The Labute approximate surface area is 122 Å². The Morgan fingerprint density at radius 3 is 2.53 bits per heavy atom. The summed E-state index contributed by atoms with van der Waals surface area (Å²) in [5.74, 6) is 0.686. The van der Waals surface area contributed by atoms with E-state index in [1.807, 2.05) is 0 Å². The maximum Gasteiger partial charge on any atom is 0.0412 e. The lowest BCUT2D eigenvalue weighted by Gasteiger charge is -2.43. The van der Waals surface area contributed by atoms with Crippen molar-refractivity contribution in [2.24, 2.45) is 5.92 Å². The van der Waals surface area contributed by atoms with Gasteiger partial charge in [-0.15, -0.1) is 11.8 Å². The smallest absolute Gasteiger partial charge is 0.0412 e. The van der Waals surface area contributed by atoms with Gasteiger partial charge in [0.15, 0.2) is 0 Å². The zero-order valence-corrected chi connectivity index (χ0v) is 13.3. The van der Waals surface area contributed by atoms with Crippen molar-refractivity contribution in [1.82, 2.24) is 5.32 Å². The lowest BCUT2D eigenvalue weighted by Crippen LogP contribution is -2.58. The third-order valence-electron chi connectivity index (χ3n) is 4.13. The minimum Gasteiger partial charge on any atom is -0.366 e. The van der Waals surface area contributed by atoms with Crippen molar-refractivity contribution in [1.29, 1.82) is 0 Å². The molecule has 2 nitrogen and oxygen atoms in total. The molecule has 0 aromatic heterocycles. The lowest BCUT2D eigenvalue weighted by atomic mass is 9.98. The van der Waals surface area contributed by atoms with Crippen LogP contribution in [0.2, 0.25) is 0 Å². The number of nitrogens with zero attached hydrogens (tertiary/aromatic N) is 1. The van der Waals surface area contributed by atoms with E-state index in [9.17, 15) is 0 Å². The van der Waals surface area contributed by atoms with E-state index in [-0.39, 0.29) is 0 Å². The van der Waals surface area contributed by atoms with E-state index < -0.39 is 0 Å². The summed E-state index contributed by atoms with van der Waals surface area (Å²) >= 11 is 1.81. The van der Waals surface area contributed by atoms with Gasteiger partial charge in [0.2, 0.25) is 0 Å². The summed E-state index contributed by atoms with van der Waals surface area (Å²) in [5, 5.41) is 3.70. The van der Waals surface area contributed by atoms with Gasteiger partial charge in [0, 0.05) is 35.8 Å². The predicted molar refractivity (Wildman–Crippen MR) is 86.3 cm³/mol. The van der Waals surface area contributed by atoms with E-state index in [1.54, 1.807) is 11.8 Å². The molecule has 1 aromatic carbocycles. The molecule has 1 fully saturated rings. The fraction of sp³-hybridized carbons (Fsp3) is 0.625. The molecule has 19 heavy (non-hydrogen) atoms. The Balaban J connectivity index is 2.16. The molecule has 2 atom stereocenters. The van der Waals surface area contributed by atoms with Gasteiger partial charge in [0.25, 0.3) is 0 Å². The molecule has 1 saturated heterocycles. The molecule has 1 aliphatic heterocycles. The number of hydrogen-bond acceptors (Lipinski definition) is 3. The van der Waals surface area contributed by atoms with Gasteiger partial charge in [0.05, 0.1) is 0 Å². The summed E-state index contributed by atoms with van der Waals surface area (Å²) in [6.45, 7) is 9.11. The second kappa shape index (κ2) is 6.67. The Morgan fingerprint density at radius 2 is 2.00 bits per heavy atom. The minimum absolute atomic E-state index is 0.600. The maximum absolute atomic E-state index is 3.70. The first-order valence-electron chi connectivity index (χ1n) is 7.29. The molecule has 1 aliphatic rings. The van der Waals surface area contributed by atoms with Crippen LogP contribution in [0.1, 0.15) is 27.2 Å². The lowest BCUT2D eigenvalue weighted by molar-refractivity contribution is 0.325. The molecule has 0 saturated carbocycles. The van der Waals surface area contributed by atoms with Crippen LogP contribution in [0.15, 0.2) is 29.2 Å². The van der Waals surface area contributed by atoms with Gasteiger partial charge in [-0.05, 0) is 42.9 Å². The average Bonchev–Trinajstić information content (AvgIpc) is 2.46. The van der Waals surface area contributed by atoms with Crippen molar-refractivity contribution in [3.05, 3.63) is 24.3 Å². The third kappa shape index (κ3) is 3.46. The minimum atomic E-state index is 0.600. The summed E-state index contributed by atoms with van der Waals surface area (Å²) in [6, 6.07) is 10.2. The molecule has 3 heteroatoms. The van der Waals surface area contributed by atoms with Crippen LogP contribution in [0.4, 0.5) is 5.69 Å². The second-order valence-corrected chi connectivity index (χ2v) is 6.55. The summed E-state index contributed by atoms with van der Waals surface area (Å²) in [4.78, 5) is 3.93. The molecule has 0 aliphatic carbocycles. The summed E-state index contributed by atoms with van der Waals surface area (Å²) in [7, 11) is 0. The third-order valence-corrected chi connectivity index (χ3v) is 4.87. The quantitative estimate of drug-likeness (QED) is 0.847. The highest BCUT2D eigenvalue weighted by Crippen LogP contribution is 2.25. The maximum atomic E-state index is 3.70. The van der Waals surface area contributed by atoms with Crippen LogP contribution in [0.3, 0.4) is 0 Å². The van der Waals surface area contributed by atoms with Crippen molar-refractivity contribution >= 4 is 17.4 Å². The highest BCUT2D eigenvalue weighted by Gasteiger charge is 2.28. The molecule has 2 rings (SSSR count). The molecular formula is C16H26N2S. The van der Waals surface area contributed by atoms with Crippen molar-refractivity contribution in [3.63, 3.8) is 0 Å². The zero-order chi connectivity index (χ0) is 13.8. The van der Waals surface area contributed by atoms with E-state index in [0.717, 1.165) is 13.1 Å². The largest absolute Gasteiger partial charge is 0.366 e. The molecule has 1 heterocycles. The highest BCUT2D eigenvalue weighted by atomic mass is 32.2. The average molecular weight is 278 g/mol. The summed E-state index contributed by atoms with van der Waals surface area (Å²) in [6.07, 6.45) is 3.32. The molecule has 1 N–H and O–H groups in total. The second-order valence-electron chi connectivity index (χ2n) is 5.67. The number of thioether (sulfide) groups is 1. The van der Waals surface area contributed by atoms with Crippen LogP contribution in [0.5, 0.6) is 0 Å². The first-order valence-corrected chi connectivity index (χ1v) is 8.52. The standard InChI is InChI=1S/C16H26N2S/c1-5-13-10-17-16(12(2)3)11-18(13)14-6-8-15(19-4)9-7-14/h6-9,12-13,16-17H,5,10-11H2,1-4H3. The van der Waals surface area contributed by atoms with Crippen LogP contribution in [0, 0.1) is 5.92 Å².